The summed E-state index contributed by atoms with van der Waals surface area (Å²) in [6.07, 6.45) is 4.43. The van der Waals surface area contributed by atoms with Crippen molar-refractivity contribution in [3.05, 3.63) is 24.3 Å². The number of fused-ring (bicyclic) bond motifs is 1. The lowest BCUT2D eigenvalue weighted by atomic mass is 10.00. The second kappa shape index (κ2) is 6.56. The molecule has 0 amide bonds. The molecule has 6 heteroatoms. The van der Waals surface area contributed by atoms with Gasteiger partial charge in [0.15, 0.2) is 0 Å². The van der Waals surface area contributed by atoms with Crippen molar-refractivity contribution in [2.24, 2.45) is 0 Å². The van der Waals surface area contributed by atoms with E-state index in [-0.39, 0.29) is 6.04 Å². The van der Waals surface area contributed by atoms with Gasteiger partial charge >= 0.3 is 0 Å². The first-order chi connectivity index (χ1) is 10.6. The molecule has 0 spiro atoms. The number of nitrogens with zero attached hydrogens (tertiary/aromatic N) is 1. The van der Waals surface area contributed by atoms with Gasteiger partial charge in [0.2, 0.25) is 10.0 Å². The SMILES string of the molecule is CCOc1ccc(S(=O)(=O)N[C@H]2CCN3CCCC[C@H]23)cc1. The topological polar surface area (TPSA) is 58.6 Å². The van der Waals surface area contributed by atoms with E-state index in [2.05, 4.69) is 9.62 Å². The Balaban J connectivity index is 1.70. The van der Waals surface area contributed by atoms with Crippen molar-refractivity contribution in [1.29, 1.82) is 0 Å². The molecule has 0 radical (unpaired) electrons. The van der Waals surface area contributed by atoms with Gasteiger partial charge in [0.25, 0.3) is 0 Å². The molecule has 2 atom stereocenters. The number of hydrogen-bond donors (Lipinski definition) is 1. The molecule has 2 fully saturated rings. The van der Waals surface area contributed by atoms with Crippen LogP contribution in [0.15, 0.2) is 29.2 Å². The maximum absolute atomic E-state index is 12.6. The molecule has 0 aromatic heterocycles. The maximum atomic E-state index is 12.6. The van der Waals surface area contributed by atoms with Crippen molar-refractivity contribution in [2.75, 3.05) is 19.7 Å². The van der Waals surface area contributed by atoms with Gasteiger partial charge in [0, 0.05) is 18.6 Å². The monoisotopic (exact) mass is 324 g/mol. The quantitative estimate of drug-likeness (QED) is 0.900. The number of piperidine rings is 1. The molecule has 1 aromatic carbocycles. The van der Waals surface area contributed by atoms with Crippen molar-refractivity contribution >= 4 is 10.0 Å². The molecule has 22 heavy (non-hydrogen) atoms. The molecule has 0 unspecified atom stereocenters. The van der Waals surface area contributed by atoms with E-state index in [9.17, 15) is 8.42 Å². The summed E-state index contributed by atoms with van der Waals surface area (Å²) < 4.78 is 33.4. The number of sulfonamides is 1. The second-order valence-corrected chi connectivity index (χ2v) is 7.73. The number of benzene rings is 1. The van der Waals surface area contributed by atoms with Crippen LogP contribution in [-0.4, -0.2) is 45.1 Å². The first-order valence-corrected chi connectivity index (χ1v) is 9.58. The number of ether oxygens (including phenoxy) is 1. The molecule has 1 N–H and O–H groups in total. The Kier molecular flexibility index (Phi) is 4.70. The average molecular weight is 324 g/mol. The Morgan fingerprint density at radius 1 is 1.18 bits per heavy atom. The third-order valence-electron chi connectivity index (χ3n) is 4.61. The van der Waals surface area contributed by atoms with Gasteiger partial charge in [-0.3, -0.25) is 4.90 Å². The van der Waals surface area contributed by atoms with E-state index in [1.54, 1.807) is 24.3 Å². The van der Waals surface area contributed by atoms with Crippen LogP contribution in [-0.2, 0) is 10.0 Å². The Labute approximate surface area is 132 Å². The molecule has 1 aromatic rings. The summed E-state index contributed by atoms with van der Waals surface area (Å²) in [4.78, 5) is 2.74. The predicted molar refractivity (Wildman–Crippen MR) is 85.5 cm³/mol. The number of nitrogens with one attached hydrogen (secondary N) is 1. The Morgan fingerprint density at radius 2 is 1.95 bits per heavy atom. The van der Waals surface area contributed by atoms with Crippen LogP contribution >= 0.6 is 0 Å². The molecule has 0 aliphatic carbocycles. The van der Waals surface area contributed by atoms with Gasteiger partial charge in [0.1, 0.15) is 5.75 Å². The lowest BCUT2D eigenvalue weighted by Crippen LogP contribution is -2.46. The summed E-state index contributed by atoms with van der Waals surface area (Å²) in [6.45, 7) is 4.58. The summed E-state index contributed by atoms with van der Waals surface area (Å²) in [6, 6.07) is 7.05. The highest BCUT2D eigenvalue weighted by Crippen LogP contribution is 2.28. The van der Waals surface area contributed by atoms with E-state index in [4.69, 9.17) is 4.74 Å². The fourth-order valence-electron chi connectivity index (χ4n) is 3.53. The van der Waals surface area contributed by atoms with E-state index in [1.165, 1.54) is 12.8 Å². The minimum absolute atomic E-state index is 0.0388. The van der Waals surface area contributed by atoms with E-state index in [1.807, 2.05) is 6.92 Å². The van der Waals surface area contributed by atoms with Crippen LogP contribution in [0.2, 0.25) is 0 Å². The summed E-state index contributed by atoms with van der Waals surface area (Å²) in [5, 5.41) is 0. The molecule has 122 valence electrons. The van der Waals surface area contributed by atoms with Crippen LogP contribution in [0.3, 0.4) is 0 Å². The van der Waals surface area contributed by atoms with E-state index in [0.29, 0.717) is 23.3 Å². The minimum Gasteiger partial charge on any atom is -0.494 e. The molecule has 5 nitrogen and oxygen atoms in total. The number of hydrogen-bond acceptors (Lipinski definition) is 4. The first-order valence-electron chi connectivity index (χ1n) is 8.09. The summed E-state index contributed by atoms with van der Waals surface area (Å²) >= 11 is 0. The van der Waals surface area contributed by atoms with Crippen LogP contribution in [0.5, 0.6) is 5.75 Å². The highest BCUT2D eigenvalue weighted by Gasteiger charge is 2.37. The zero-order chi connectivity index (χ0) is 15.6. The largest absolute Gasteiger partial charge is 0.494 e. The average Bonchev–Trinajstić information content (AvgIpc) is 2.91. The van der Waals surface area contributed by atoms with Crippen LogP contribution in [0.1, 0.15) is 32.6 Å². The van der Waals surface area contributed by atoms with Gasteiger partial charge in [-0.15, -0.1) is 0 Å². The van der Waals surface area contributed by atoms with E-state index >= 15 is 0 Å². The predicted octanol–water partition coefficient (Wildman–Crippen LogP) is 1.99. The van der Waals surface area contributed by atoms with Crippen molar-refractivity contribution in [3.8, 4) is 5.75 Å². The van der Waals surface area contributed by atoms with Crippen molar-refractivity contribution in [1.82, 2.24) is 9.62 Å². The standard InChI is InChI=1S/C16H24N2O3S/c1-2-21-13-6-8-14(9-7-13)22(19,20)17-15-10-12-18-11-4-3-5-16(15)18/h6-9,15-17H,2-5,10-12H2,1H3/t15-,16+/m0/s1. The highest BCUT2D eigenvalue weighted by atomic mass is 32.2. The Hall–Kier alpha value is -1.11. The molecule has 0 bridgehead atoms. The van der Waals surface area contributed by atoms with Crippen LogP contribution in [0, 0.1) is 0 Å². The van der Waals surface area contributed by atoms with E-state index in [0.717, 1.165) is 25.9 Å². The van der Waals surface area contributed by atoms with Gasteiger partial charge in [-0.1, -0.05) is 6.42 Å². The third kappa shape index (κ3) is 3.29. The normalized spacial score (nSPS) is 25.9. The molecule has 2 aliphatic heterocycles. The summed E-state index contributed by atoms with van der Waals surface area (Å²) in [7, 11) is -3.46. The summed E-state index contributed by atoms with van der Waals surface area (Å²) in [5.41, 5.74) is 0. The fraction of sp³-hybridized carbons (Fsp3) is 0.625. The van der Waals surface area contributed by atoms with Crippen LogP contribution in [0.25, 0.3) is 0 Å². The molecular formula is C16H24N2O3S. The van der Waals surface area contributed by atoms with Crippen molar-refractivity contribution in [2.45, 2.75) is 49.6 Å². The first kappa shape index (κ1) is 15.8. The van der Waals surface area contributed by atoms with Crippen LogP contribution < -0.4 is 9.46 Å². The smallest absolute Gasteiger partial charge is 0.240 e. The van der Waals surface area contributed by atoms with Crippen molar-refractivity contribution in [3.63, 3.8) is 0 Å². The van der Waals surface area contributed by atoms with Crippen LogP contribution in [0.4, 0.5) is 0 Å². The van der Waals surface area contributed by atoms with Gasteiger partial charge in [0.05, 0.1) is 11.5 Å². The lowest BCUT2D eigenvalue weighted by molar-refractivity contribution is 0.186. The second-order valence-electron chi connectivity index (χ2n) is 6.02. The summed E-state index contributed by atoms with van der Waals surface area (Å²) in [5.74, 6) is 0.695. The maximum Gasteiger partial charge on any atom is 0.240 e. The van der Waals surface area contributed by atoms with Gasteiger partial charge in [-0.05, 0) is 57.0 Å². The zero-order valence-electron chi connectivity index (χ0n) is 13.0. The zero-order valence-corrected chi connectivity index (χ0v) is 13.8. The molecular weight excluding hydrogens is 300 g/mol. The molecule has 3 rings (SSSR count). The van der Waals surface area contributed by atoms with Gasteiger partial charge in [-0.25, -0.2) is 13.1 Å². The lowest BCUT2D eigenvalue weighted by Gasteiger charge is -2.32. The third-order valence-corrected chi connectivity index (χ3v) is 6.11. The minimum atomic E-state index is -3.46. The van der Waals surface area contributed by atoms with E-state index < -0.39 is 10.0 Å². The molecule has 0 saturated carbocycles. The molecule has 2 saturated heterocycles. The van der Waals surface area contributed by atoms with Gasteiger partial charge < -0.3 is 4.74 Å². The highest BCUT2D eigenvalue weighted by molar-refractivity contribution is 7.89. The molecule has 2 heterocycles. The Morgan fingerprint density at radius 3 is 2.68 bits per heavy atom. The van der Waals surface area contributed by atoms with Crippen molar-refractivity contribution < 1.29 is 13.2 Å². The van der Waals surface area contributed by atoms with Gasteiger partial charge in [-0.2, -0.15) is 0 Å². The molecule has 2 aliphatic rings. The number of rotatable bonds is 5. The Bertz CT molecular complexity index is 600. The fourth-order valence-corrected chi connectivity index (χ4v) is 4.84.